The maximum absolute atomic E-state index is 5.68. The van der Waals surface area contributed by atoms with Gasteiger partial charge >= 0.3 is 0 Å². The summed E-state index contributed by atoms with van der Waals surface area (Å²) in [6.45, 7) is 5.27. The molecule has 0 radical (unpaired) electrons. The van der Waals surface area contributed by atoms with Crippen LogP contribution in [0, 0.1) is 0 Å². The van der Waals surface area contributed by atoms with Crippen LogP contribution in [0.1, 0.15) is 11.7 Å². The van der Waals surface area contributed by atoms with Crippen molar-refractivity contribution in [1.82, 2.24) is 14.9 Å². The SMILES string of the molecule is c1ccc2[nH]c(C3CN(C[C@H]4COCCO4)C3)nc2c1. The second-order valence-electron chi connectivity index (χ2n) is 5.62. The van der Waals surface area contributed by atoms with Gasteiger partial charge in [-0.25, -0.2) is 4.98 Å². The Balaban J connectivity index is 1.36. The number of ether oxygens (including phenoxy) is 2. The van der Waals surface area contributed by atoms with Crippen molar-refractivity contribution in [3.63, 3.8) is 0 Å². The Kier molecular flexibility index (Phi) is 3.18. The van der Waals surface area contributed by atoms with E-state index < -0.39 is 0 Å². The number of fused-ring (bicyclic) bond motifs is 1. The fraction of sp³-hybridized carbons (Fsp3) is 0.533. The van der Waals surface area contributed by atoms with Gasteiger partial charge in [0.05, 0.1) is 37.0 Å². The number of aromatic nitrogens is 2. The van der Waals surface area contributed by atoms with Gasteiger partial charge in [-0.2, -0.15) is 0 Å². The van der Waals surface area contributed by atoms with Gasteiger partial charge in [-0.05, 0) is 12.1 Å². The average molecular weight is 273 g/mol. The summed E-state index contributed by atoms with van der Waals surface area (Å²) in [4.78, 5) is 10.5. The number of hydrogen-bond acceptors (Lipinski definition) is 4. The van der Waals surface area contributed by atoms with Crippen molar-refractivity contribution in [2.24, 2.45) is 0 Å². The molecule has 0 amide bonds. The lowest BCUT2D eigenvalue weighted by Gasteiger charge is -2.40. The van der Waals surface area contributed by atoms with Crippen molar-refractivity contribution in [1.29, 1.82) is 0 Å². The van der Waals surface area contributed by atoms with E-state index in [2.05, 4.69) is 27.0 Å². The van der Waals surface area contributed by atoms with Gasteiger partial charge in [-0.1, -0.05) is 12.1 Å². The lowest BCUT2D eigenvalue weighted by molar-refractivity contribution is -0.104. The zero-order chi connectivity index (χ0) is 13.4. The van der Waals surface area contributed by atoms with E-state index in [0.29, 0.717) is 5.92 Å². The first-order chi connectivity index (χ1) is 9.88. The Labute approximate surface area is 117 Å². The lowest BCUT2D eigenvalue weighted by atomic mass is 9.99. The number of aromatic amines is 1. The van der Waals surface area contributed by atoms with Gasteiger partial charge < -0.3 is 14.5 Å². The van der Waals surface area contributed by atoms with Crippen molar-refractivity contribution in [2.75, 3.05) is 39.5 Å². The second-order valence-corrected chi connectivity index (χ2v) is 5.62. The molecular formula is C15H19N3O2. The predicted molar refractivity (Wildman–Crippen MR) is 75.8 cm³/mol. The molecule has 1 aromatic heterocycles. The van der Waals surface area contributed by atoms with Crippen LogP contribution in [0.3, 0.4) is 0 Å². The fourth-order valence-corrected chi connectivity index (χ4v) is 2.99. The maximum Gasteiger partial charge on any atom is 0.112 e. The summed E-state index contributed by atoms with van der Waals surface area (Å²) >= 11 is 0. The summed E-state index contributed by atoms with van der Waals surface area (Å²) < 4.78 is 11.1. The van der Waals surface area contributed by atoms with Crippen LogP contribution in [0.2, 0.25) is 0 Å². The molecule has 3 heterocycles. The summed E-state index contributed by atoms with van der Waals surface area (Å²) in [5.41, 5.74) is 2.19. The van der Waals surface area contributed by atoms with Crippen LogP contribution in [-0.2, 0) is 9.47 Å². The summed E-state index contributed by atoms with van der Waals surface area (Å²) in [6.07, 6.45) is 0.236. The number of para-hydroxylation sites is 2. The van der Waals surface area contributed by atoms with Crippen LogP contribution in [0.25, 0.3) is 11.0 Å². The van der Waals surface area contributed by atoms with Crippen LogP contribution < -0.4 is 0 Å². The van der Waals surface area contributed by atoms with Crippen molar-refractivity contribution in [3.8, 4) is 0 Å². The minimum Gasteiger partial charge on any atom is -0.376 e. The largest absolute Gasteiger partial charge is 0.376 e. The molecule has 4 rings (SSSR count). The topological polar surface area (TPSA) is 50.4 Å². The number of nitrogens with zero attached hydrogens (tertiary/aromatic N) is 2. The third-order valence-corrected chi connectivity index (χ3v) is 4.10. The number of H-pyrrole nitrogens is 1. The zero-order valence-corrected chi connectivity index (χ0v) is 11.4. The molecule has 2 aromatic rings. The molecule has 0 saturated carbocycles. The second kappa shape index (κ2) is 5.16. The quantitative estimate of drug-likeness (QED) is 0.918. The molecule has 0 unspecified atom stereocenters. The Morgan fingerprint density at radius 3 is 2.95 bits per heavy atom. The normalized spacial score (nSPS) is 24.9. The van der Waals surface area contributed by atoms with Gasteiger partial charge in [0.2, 0.25) is 0 Å². The van der Waals surface area contributed by atoms with E-state index in [4.69, 9.17) is 9.47 Å². The molecule has 1 N–H and O–H groups in total. The molecular weight excluding hydrogens is 254 g/mol. The first kappa shape index (κ1) is 12.3. The van der Waals surface area contributed by atoms with Gasteiger partial charge in [-0.15, -0.1) is 0 Å². The Morgan fingerprint density at radius 1 is 1.25 bits per heavy atom. The highest BCUT2D eigenvalue weighted by Crippen LogP contribution is 2.27. The van der Waals surface area contributed by atoms with Gasteiger partial charge in [0.1, 0.15) is 5.82 Å². The summed E-state index contributed by atoms with van der Waals surface area (Å²) in [5, 5.41) is 0. The molecule has 0 spiro atoms. The van der Waals surface area contributed by atoms with E-state index in [1.165, 1.54) is 0 Å². The molecule has 106 valence electrons. The summed E-state index contributed by atoms with van der Waals surface area (Å²) in [6, 6.07) is 8.20. The standard InChI is InChI=1S/C15H19N3O2/c1-2-4-14-13(3-1)16-15(17-14)11-7-18(8-11)9-12-10-19-5-6-20-12/h1-4,11-12H,5-10H2,(H,16,17)/t12-/m0/s1. The van der Waals surface area contributed by atoms with E-state index in [1.54, 1.807) is 0 Å². The summed E-state index contributed by atoms with van der Waals surface area (Å²) in [7, 11) is 0. The van der Waals surface area contributed by atoms with Crippen LogP contribution in [0.15, 0.2) is 24.3 Å². The Hall–Kier alpha value is -1.43. The third-order valence-electron chi connectivity index (χ3n) is 4.10. The highest BCUT2D eigenvalue weighted by Gasteiger charge is 2.32. The molecule has 2 aliphatic rings. The molecule has 2 fully saturated rings. The number of rotatable bonds is 3. The summed E-state index contributed by atoms with van der Waals surface area (Å²) in [5.74, 6) is 1.63. The van der Waals surface area contributed by atoms with Crippen molar-refractivity contribution in [2.45, 2.75) is 12.0 Å². The number of imidazole rings is 1. The maximum atomic E-state index is 5.68. The Morgan fingerprint density at radius 2 is 2.15 bits per heavy atom. The monoisotopic (exact) mass is 273 g/mol. The number of benzene rings is 1. The van der Waals surface area contributed by atoms with E-state index in [1.807, 2.05) is 12.1 Å². The predicted octanol–water partition coefficient (Wildman–Crippen LogP) is 1.38. The Bertz CT molecular complexity index is 553. The molecule has 0 aliphatic carbocycles. The number of likely N-dealkylation sites (tertiary alicyclic amines) is 1. The van der Waals surface area contributed by atoms with Crippen molar-refractivity contribution in [3.05, 3.63) is 30.1 Å². The van der Waals surface area contributed by atoms with Gasteiger partial charge in [0.25, 0.3) is 0 Å². The molecule has 2 saturated heterocycles. The highest BCUT2D eigenvalue weighted by molar-refractivity contribution is 5.74. The van der Waals surface area contributed by atoms with Crippen molar-refractivity contribution < 1.29 is 9.47 Å². The molecule has 0 bridgehead atoms. The van der Waals surface area contributed by atoms with Crippen LogP contribution in [0.4, 0.5) is 0 Å². The molecule has 2 aliphatic heterocycles. The molecule has 5 nitrogen and oxygen atoms in total. The fourth-order valence-electron chi connectivity index (χ4n) is 2.99. The smallest absolute Gasteiger partial charge is 0.112 e. The average Bonchev–Trinajstić information content (AvgIpc) is 2.86. The zero-order valence-electron chi connectivity index (χ0n) is 11.4. The third kappa shape index (κ3) is 2.32. The van der Waals surface area contributed by atoms with E-state index in [0.717, 1.165) is 56.3 Å². The van der Waals surface area contributed by atoms with Crippen LogP contribution >= 0.6 is 0 Å². The molecule has 5 heteroatoms. The molecule has 1 atom stereocenters. The van der Waals surface area contributed by atoms with E-state index in [9.17, 15) is 0 Å². The minimum absolute atomic E-state index is 0.236. The number of nitrogens with one attached hydrogen (secondary N) is 1. The molecule has 1 aromatic carbocycles. The highest BCUT2D eigenvalue weighted by atomic mass is 16.6. The van der Waals surface area contributed by atoms with Gasteiger partial charge in [-0.3, -0.25) is 4.90 Å². The minimum atomic E-state index is 0.236. The van der Waals surface area contributed by atoms with Crippen LogP contribution in [-0.4, -0.2) is 60.4 Å². The van der Waals surface area contributed by atoms with Gasteiger partial charge in [0, 0.05) is 25.6 Å². The number of hydrogen-bond donors (Lipinski definition) is 1. The van der Waals surface area contributed by atoms with Crippen molar-refractivity contribution >= 4 is 11.0 Å². The molecule has 20 heavy (non-hydrogen) atoms. The van der Waals surface area contributed by atoms with Crippen LogP contribution in [0.5, 0.6) is 0 Å². The first-order valence-corrected chi connectivity index (χ1v) is 7.25. The van der Waals surface area contributed by atoms with Gasteiger partial charge in [0.15, 0.2) is 0 Å². The van der Waals surface area contributed by atoms with E-state index in [-0.39, 0.29) is 6.10 Å². The lowest BCUT2D eigenvalue weighted by Crippen LogP contribution is -2.50. The first-order valence-electron chi connectivity index (χ1n) is 7.25. The van der Waals surface area contributed by atoms with E-state index >= 15 is 0 Å².